The highest BCUT2D eigenvalue weighted by Crippen LogP contribution is 2.24. The van der Waals surface area contributed by atoms with E-state index >= 15 is 0 Å². The lowest BCUT2D eigenvalue weighted by atomic mass is 9.87. The molecule has 0 atom stereocenters. The van der Waals surface area contributed by atoms with E-state index in [0.717, 1.165) is 0 Å². The molecule has 2 heterocycles. The number of amides is 2. The molecule has 6 heteroatoms. The number of ether oxygens (including phenoxy) is 1. The van der Waals surface area contributed by atoms with Crippen molar-refractivity contribution in [2.24, 2.45) is 0 Å². The van der Waals surface area contributed by atoms with Gasteiger partial charge in [-0.3, -0.25) is 9.59 Å². The molecule has 3 rings (SSSR count). The van der Waals surface area contributed by atoms with E-state index < -0.39 is 0 Å². The third kappa shape index (κ3) is 4.70. The summed E-state index contributed by atoms with van der Waals surface area (Å²) in [5.74, 6) is 0.807. The molecule has 1 aromatic heterocycles. The van der Waals surface area contributed by atoms with Gasteiger partial charge in [0.1, 0.15) is 5.75 Å². The van der Waals surface area contributed by atoms with E-state index in [-0.39, 0.29) is 23.8 Å². The van der Waals surface area contributed by atoms with Crippen molar-refractivity contribution in [1.29, 1.82) is 0 Å². The molecule has 0 N–H and O–H groups in total. The first-order valence-corrected chi connectivity index (χ1v) is 9.18. The zero-order valence-corrected chi connectivity index (χ0v) is 16.1. The van der Waals surface area contributed by atoms with E-state index in [1.165, 1.54) is 11.8 Å². The van der Waals surface area contributed by atoms with E-state index in [1.807, 2.05) is 24.3 Å². The second-order valence-electron chi connectivity index (χ2n) is 7.71. The van der Waals surface area contributed by atoms with Crippen LogP contribution in [0.5, 0.6) is 5.75 Å². The Morgan fingerprint density at radius 3 is 2.19 bits per heavy atom. The third-order valence-electron chi connectivity index (χ3n) is 4.73. The van der Waals surface area contributed by atoms with Crippen LogP contribution in [0.1, 0.15) is 36.9 Å². The number of benzene rings is 1. The highest BCUT2D eigenvalue weighted by atomic mass is 16.5. The van der Waals surface area contributed by atoms with Crippen LogP contribution in [0.25, 0.3) is 0 Å². The fourth-order valence-corrected chi connectivity index (χ4v) is 3.00. The average molecular weight is 370 g/mol. The van der Waals surface area contributed by atoms with E-state index in [4.69, 9.17) is 9.15 Å². The standard InChI is InChI=1S/C21H26N2O4/c1-21(2,3)16-6-8-17(9-7-16)27-15-19(24)22-10-12-23(13-11-22)20(25)18-5-4-14-26-18/h4-9,14H,10-13,15H2,1-3H3. The van der Waals surface area contributed by atoms with Gasteiger partial charge in [-0.1, -0.05) is 32.9 Å². The molecular weight excluding hydrogens is 344 g/mol. The Labute approximate surface area is 159 Å². The van der Waals surface area contributed by atoms with E-state index in [2.05, 4.69) is 20.8 Å². The molecule has 0 aliphatic carbocycles. The van der Waals surface area contributed by atoms with Crippen molar-refractivity contribution in [1.82, 2.24) is 9.80 Å². The summed E-state index contributed by atoms with van der Waals surface area (Å²) >= 11 is 0. The van der Waals surface area contributed by atoms with Crippen LogP contribution in [0.15, 0.2) is 47.1 Å². The molecule has 2 aromatic rings. The summed E-state index contributed by atoms with van der Waals surface area (Å²) in [7, 11) is 0. The van der Waals surface area contributed by atoms with Crippen LogP contribution < -0.4 is 4.74 Å². The van der Waals surface area contributed by atoms with Gasteiger partial charge >= 0.3 is 0 Å². The van der Waals surface area contributed by atoms with E-state index in [1.54, 1.807) is 21.9 Å². The minimum absolute atomic E-state index is 0.000987. The normalized spacial score (nSPS) is 14.9. The average Bonchev–Trinajstić information content (AvgIpc) is 3.20. The van der Waals surface area contributed by atoms with Crippen LogP contribution in [0.3, 0.4) is 0 Å². The van der Waals surface area contributed by atoms with Gasteiger partial charge in [0.25, 0.3) is 11.8 Å². The number of piperazine rings is 1. The molecule has 0 bridgehead atoms. The summed E-state index contributed by atoms with van der Waals surface area (Å²) in [5.41, 5.74) is 1.31. The first-order chi connectivity index (χ1) is 12.8. The predicted octanol–water partition coefficient (Wildman–Crippen LogP) is 2.94. The van der Waals surface area contributed by atoms with Gasteiger partial charge < -0.3 is 19.0 Å². The molecule has 0 radical (unpaired) electrons. The van der Waals surface area contributed by atoms with Gasteiger partial charge in [-0.15, -0.1) is 0 Å². The van der Waals surface area contributed by atoms with Crippen LogP contribution in [0, 0.1) is 0 Å². The second-order valence-corrected chi connectivity index (χ2v) is 7.71. The molecule has 2 amide bonds. The molecule has 27 heavy (non-hydrogen) atoms. The first kappa shape index (κ1) is 19.0. The number of rotatable bonds is 4. The molecule has 1 aliphatic rings. The molecule has 1 aromatic carbocycles. The van der Waals surface area contributed by atoms with E-state index in [9.17, 15) is 9.59 Å². The fourth-order valence-electron chi connectivity index (χ4n) is 3.00. The predicted molar refractivity (Wildman–Crippen MR) is 102 cm³/mol. The monoisotopic (exact) mass is 370 g/mol. The number of hydrogen-bond acceptors (Lipinski definition) is 4. The van der Waals surface area contributed by atoms with Crippen LogP contribution in [0.2, 0.25) is 0 Å². The SMILES string of the molecule is CC(C)(C)c1ccc(OCC(=O)N2CCN(C(=O)c3ccco3)CC2)cc1. The molecular formula is C21H26N2O4. The molecule has 6 nitrogen and oxygen atoms in total. The maximum atomic E-state index is 12.4. The van der Waals surface area contributed by atoms with Crippen molar-refractivity contribution < 1.29 is 18.7 Å². The Hall–Kier alpha value is -2.76. The Morgan fingerprint density at radius 1 is 1.00 bits per heavy atom. The van der Waals surface area contributed by atoms with Crippen LogP contribution in [0.4, 0.5) is 0 Å². The van der Waals surface area contributed by atoms with Gasteiger partial charge in [0, 0.05) is 26.2 Å². The maximum absolute atomic E-state index is 12.4. The number of hydrogen-bond donors (Lipinski definition) is 0. The smallest absolute Gasteiger partial charge is 0.289 e. The number of nitrogens with zero attached hydrogens (tertiary/aromatic N) is 2. The van der Waals surface area contributed by atoms with Crippen molar-refractivity contribution >= 4 is 11.8 Å². The van der Waals surface area contributed by atoms with Gasteiger partial charge in [-0.25, -0.2) is 0 Å². The van der Waals surface area contributed by atoms with Gasteiger partial charge in [-0.2, -0.15) is 0 Å². The summed E-state index contributed by atoms with van der Waals surface area (Å²) in [6.07, 6.45) is 1.48. The van der Waals surface area contributed by atoms with Crippen molar-refractivity contribution in [3.63, 3.8) is 0 Å². The number of furan rings is 1. The Bertz CT molecular complexity index is 768. The summed E-state index contributed by atoms with van der Waals surface area (Å²) in [4.78, 5) is 28.1. The molecule has 0 spiro atoms. The molecule has 144 valence electrons. The van der Waals surface area contributed by atoms with Crippen molar-refractivity contribution in [2.75, 3.05) is 32.8 Å². The van der Waals surface area contributed by atoms with Crippen molar-refractivity contribution in [3.8, 4) is 5.75 Å². The second kappa shape index (κ2) is 7.86. The van der Waals surface area contributed by atoms with Crippen molar-refractivity contribution in [3.05, 3.63) is 54.0 Å². The Kier molecular flexibility index (Phi) is 5.54. The fraction of sp³-hybridized carbons (Fsp3) is 0.429. The minimum atomic E-state index is -0.137. The molecule has 0 saturated carbocycles. The third-order valence-corrected chi connectivity index (χ3v) is 4.73. The summed E-state index contributed by atoms with van der Waals surface area (Å²) in [6, 6.07) is 11.2. The topological polar surface area (TPSA) is 63.0 Å². The van der Waals surface area contributed by atoms with Gasteiger partial charge in [0.05, 0.1) is 6.26 Å². The highest BCUT2D eigenvalue weighted by molar-refractivity contribution is 5.91. The van der Waals surface area contributed by atoms with Gasteiger partial charge in [-0.05, 0) is 35.2 Å². The van der Waals surface area contributed by atoms with Crippen molar-refractivity contribution in [2.45, 2.75) is 26.2 Å². The zero-order valence-electron chi connectivity index (χ0n) is 16.1. The summed E-state index contributed by atoms with van der Waals surface area (Å²) < 4.78 is 10.8. The molecule has 1 fully saturated rings. The largest absolute Gasteiger partial charge is 0.484 e. The van der Waals surface area contributed by atoms with Gasteiger partial charge in [0.2, 0.25) is 0 Å². The Balaban J connectivity index is 1.46. The van der Waals surface area contributed by atoms with E-state index in [0.29, 0.717) is 37.7 Å². The highest BCUT2D eigenvalue weighted by Gasteiger charge is 2.26. The first-order valence-electron chi connectivity index (χ1n) is 9.18. The minimum Gasteiger partial charge on any atom is -0.484 e. The maximum Gasteiger partial charge on any atom is 0.289 e. The zero-order chi connectivity index (χ0) is 19.4. The molecule has 1 saturated heterocycles. The van der Waals surface area contributed by atoms with Crippen LogP contribution in [-0.2, 0) is 10.2 Å². The van der Waals surface area contributed by atoms with Crippen LogP contribution in [-0.4, -0.2) is 54.4 Å². The number of carbonyl (C=O) groups is 2. The lowest BCUT2D eigenvalue weighted by Crippen LogP contribution is -2.51. The quantitative estimate of drug-likeness (QED) is 0.830. The Morgan fingerprint density at radius 2 is 1.63 bits per heavy atom. The summed E-state index contributed by atoms with van der Waals surface area (Å²) in [5, 5.41) is 0. The lowest BCUT2D eigenvalue weighted by Gasteiger charge is -2.34. The van der Waals surface area contributed by atoms with Gasteiger partial charge in [0.15, 0.2) is 12.4 Å². The summed E-state index contributed by atoms with van der Waals surface area (Å²) in [6.45, 7) is 8.45. The molecule has 1 aliphatic heterocycles. The number of carbonyl (C=O) groups excluding carboxylic acids is 2. The molecule has 0 unspecified atom stereocenters. The van der Waals surface area contributed by atoms with Crippen LogP contribution >= 0.6 is 0 Å². The lowest BCUT2D eigenvalue weighted by molar-refractivity contribution is -0.134.